The first-order valence-corrected chi connectivity index (χ1v) is 6.19. The van der Waals surface area contributed by atoms with Crippen molar-refractivity contribution in [3.63, 3.8) is 0 Å². The molecule has 0 fully saturated rings. The second kappa shape index (κ2) is 9.18. The second-order valence-corrected chi connectivity index (χ2v) is 6.19. The van der Waals surface area contributed by atoms with E-state index in [-0.39, 0.29) is 0 Å². The van der Waals surface area contributed by atoms with Gasteiger partial charge >= 0.3 is 0 Å². The molecule has 0 aliphatic carbocycles. The smallest absolute Gasteiger partial charge is 0.0785 e. The molecular weight excluding hydrogens is 187 g/mol. The zero-order chi connectivity index (χ0) is 12.5. The maximum atomic E-state index is 9.50. The van der Waals surface area contributed by atoms with Crippen molar-refractivity contribution < 1.29 is 4.39 Å². The van der Waals surface area contributed by atoms with Crippen molar-refractivity contribution in [3.8, 4) is 0 Å². The number of halogens is 1. The minimum atomic E-state index is 0.500. The van der Waals surface area contributed by atoms with Gasteiger partial charge in [0.15, 0.2) is 0 Å². The van der Waals surface area contributed by atoms with E-state index in [2.05, 4.69) is 41.5 Å². The lowest BCUT2D eigenvalue weighted by atomic mass is 9.83. The summed E-state index contributed by atoms with van der Waals surface area (Å²) in [6.07, 6.45) is 5.59. The van der Waals surface area contributed by atoms with E-state index in [9.17, 15) is 4.39 Å². The summed E-state index contributed by atoms with van der Waals surface area (Å²) in [7, 11) is 0.500. The number of rotatable bonds is 5. The summed E-state index contributed by atoms with van der Waals surface area (Å²) >= 11 is 0. The van der Waals surface area contributed by atoms with Gasteiger partial charge < -0.3 is 0 Å². The molecule has 0 saturated carbocycles. The van der Waals surface area contributed by atoms with Gasteiger partial charge in [-0.25, -0.2) is 0 Å². The van der Waals surface area contributed by atoms with Gasteiger partial charge in [-0.3, -0.25) is 4.39 Å². The third kappa shape index (κ3) is 16.6. The van der Waals surface area contributed by atoms with E-state index in [1.807, 2.05) is 0 Å². The maximum absolute atomic E-state index is 9.50. The molecule has 0 aliphatic rings. The van der Waals surface area contributed by atoms with Gasteiger partial charge in [-0.05, 0) is 23.7 Å². The highest BCUT2D eigenvalue weighted by Crippen LogP contribution is 2.27. The Balaban J connectivity index is 0. The van der Waals surface area contributed by atoms with Crippen LogP contribution >= 0.6 is 0 Å². The monoisotopic (exact) mass is 218 g/mol. The van der Waals surface area contributed by atoms with Crippen LogP contribution in [-0.4, -0.2) is 7.18 Å². The highest BCUT2D eigenvalue weighted by atomic mass is 19.1. The minimum absolute atomic E-state index is 0.500. The van der Waals surface area contributed by atoms with Gasteiger partial charge in [0.1, 0.15) is 0 Å². The van der Waals surface area contributed by atoms with Crippen LogP contribution in [0.1, 0.15) is 67.2 Å². The standard InChI is InChI=1S/C13H28.CH3F/c1-11(2)8-7-9-12(3)10-13(4,5)6;1-2/h11-12H,7-10H2,1-6H3;1H3. The van der Waals surface area contributed by atoms with Crippen molar-refractivity contribution in [1.82, 2.24) is 0 Å². The first-order valence-electron chi connectivity index (χ1n) is 6.19. The molecule has 0 heterocycles. The third-order valence-electron chi connectivity index (χ3n) is 2.44. The average molecular weight is 218 g/mol. The lowest BCUT2D eigenvalue weighted by Crippen LogP contribution is -2.11. The largest absolute Gasteiger partial charge is 0.255 e. The van der Waals surface area contributed by atoms with Gasteiger partial charge in [-0.15, -0.1) is 0 Å². The summed E-state index contributed by atoms with van der Waals surface area (Å²) in [4.78, 5) is 0. The SMILES string of the molecule is CC(C)CCCC(C)CC(C)(C)C.CF. The zero-order valence-electron chi connectivity index (χ0n) is 11.9. The molecule has 0 rings (SSSR count). The first-order chi connectivity index (χ1) is 6.81. The van der Waals surface area contributed by atoms with Crippen LogP contribution in [-0.2, 0) is 0 Å². The average Bonchev–Trinajstić information content (AvgIpc) is 2.03. The van der Waals surface area contributed by atoms with Crippen LogP contribution in [0.4, 0.5) is 4.39 Å². The van der Waals surface area contributed by atoms with Gasteiger partial charge in [0.25, 0.3) is 0 Å². The molecule has 15 heavy (non-hydrogen) atoms. The number of alkyl halides is 1. The van der Waals surface area contributed by atoms with E-state index < -0.39 is 0 Å². The van der Waals surface area contributed by atoms with E-state index in [4.69, 9.17) is 0 Å². The van der Waals surface area contributed by atoms with E-state index in [1.54, 1.807) is 0 Å². The summed E-state index contributed by atoms with van der Waals surface area (Å²) in [5.41, 5.74) is 0.511. The molecule has 0 aromatic rings. The van der Waals surface area contributed by atoms with Gasteiger partial charge in [-0.1, -0.05) is 60.8 Å². The first kappa shape index (κ1) is 17.3. The Labute approximate surface area is 96.7 Å². The molecule has 0 aliphatic heterocycles. The Bertz CT molecular complexity index is 122. The van der Waals surface area contributed by atoms with Crippen LogP contribution in [0.15, 0.2) is 0 Å². The van der Waals surface area contributed by atoms with Crippen LogP contribution in [0, 0.1) is 17.3 Å². The molecule has 0 nitrogen and oxygen atoms in total. The normalized spacial score (nSPS) is 13.4. The zero-order valence-corrected chi connectivity index (χ0v) is 11.9. The Morgan fingerprint density at radius 2 is 1.40 bits per heavy atom. The van der Waals surface area contributed by atoms with Crippen molar-refractivity contribution in [2.45, 2.75) is 67.2 Å². The van der Waals surface area contributed by atoms with E-state index in [0.717, 1.165) is 11.8 Å². The summed E-state index contributed by atoms with van der Waals surface area (Å²) in [6.45, 7) is 14.0. The molecule has 0 N–H and O–H groups in total. The van der Waals surface area contributed by atoms with Crippen LogP contribution in [0.25, 0.3) is 0 Å². The predicted molar refractivity (Wildman–Crippen MR) is 69.0 cm³/mol. The van der Waals surface area contributed by atoms with E-state index in [0.29, 0.717) is 12.6 Å². The molecule has 0 radical (unpaired) electrons. The van der Waals surface area contributed by atoms with Crippen molar-refractivity contribution in [2.24, 2.45) is 17.3 Å². The van der Waals surface area contributed by atoms with Gasteiger partial charge in [0.05, 0.1) is 7.18 Å². The highest BCUT2D eigenvalue weighted by Gasteiger charge is 2.14. The Kier molecular flexibility index (Phi) is 10.6. The topological polar surface area (TPSA) is 0 Å². The maximum Gasteiger partial charge on any atom is 0.0785 e. The number of hydrogen-bond donors (Lipinski definition) is 0. The van der Waals surface area contributed by atoms with E-state index >= 15 is 0 Å². The molecule has 94 valence electrons. The van der Waals surface area contributed by atoms with Gasteiger partial charge in [0.2, 0.25) is 0 Å². The summed E-state index contributed by atoms with van der Waals surface area (Å²) < 4.78 is 9.50. The summed E-state index contributed by atoms with van der Waals surface area (Å²) in [5.74, 6) is 1.78. The lowest BCUT2D eigenvalue weighted by molar-refractivity contribution is 0.289. The van der Waals surface area contributed by atoms with E-state index in [1.165, 1.54) is 25.7 Å². The highest BCUT2D eigenvalue weighted by molar-refractivity contribution is 4.66. The third-order valence-corrected chi connectivity index (χ3v) is 2.44. The molecule has 0 aromatic heterocycles. The van der Waals surface area contributed by atoms with Crippen LogP contribution < -0.4 is 0 Å². The predicted octanol–water partition coefficient (Wildman–Crippen LogP) is 5.47. The molecule has 0 amide bonds. The minimum Gasteiger partial charge on any atom is -0.255 e. The summed E-state index contributed by atoms with van der Waals surface area (Å²) in [5, 5.41) is 0. The molecule has 1 atom stereocenters. The van der Waals surface area contributed by atoms with Crippen LogP contribution in [0.3, 0.4) is 0 Å². The second-order valence-electron chi connectivity index (χ2n) is 6.19. The van der Waals surface area contributed by atoms with Gasteiger partial charge in [0, 0.05) is 0 Å². The molecule has 1 unspecified atom stereocenters. The van der Waals surface area contributed by atoms with Crippen molar-refractivity contribution >= 4 is 0 Å². The molecule has 0 bridgehead atoms. The molecule has 0 spiro atoms. The lowest BCUT2D eigenvalue weighted by Gasteiger charge is -2.23. The Hall–Kier alpha value is -0.0700. The molecule has 0 aromatic carbocycles. The number of hydrogen-bond acceptors (Lipinski definition) is 0. The van der Waals surface area contributed by atoms with Crippen LogP contribution in [0.5, 0.6) is 0 Å². The quantitative estimate of drug-likeness (QED) is 0.574. The fraction of sp³-hybridized carbons (Fsp3) is 1.00. The Morgan fingerprint density at radius 3 is 1.73 bits per heavy atom. The fourth-order valence-electron chi connectivity index (χ4n) is 2.02. The molecule has 0 saturated heterocycles. The summed E-state index contributed by atoms with van der Waals surface area (Å²) in [6, 6.07) is 0. The van der Waals surface area contributed by atoms with Crippen molar-refractivity contribution in [2.75, 3.05) is 7.18 Å². The van der Waals surface area contributed by atoms with Crippen LogP contribution in [0.2, 0.25) is 0 Å². The molecule has 1 heteroatoms. The fourth-order valence-corrected chi connectivity index (χ4v) is 2.02. The van der Waals surface area contributed by atoms with Crippen molar-refractivity contribution in [3.05, 3.63) is 0 Å². The van der Waals surface area contributed by atoms with Crippen molar-refractivity contribution in [1.29, 1.82) is 0 Å². The molecular formula is C14H31F. The Morgan fingerprint density at radius 1 is 0.933 bits per heavy atom. The van der Waals surface area contributed by atoms with Gasteiger partial charge in [-0.2, -0.15) is 0 Å².